The van der Waals surface area contributed by atoms with Crippen LogP contribution in [-0.4, -0.2) is 67.8 Å². The summed E-state index contributed by atoms with van der Waals surface area (Å²) in [6.07, 6.45) is -0.912. The van der Waals surface area contributed by atoms with Crippen molar-refractivity contribution in [3.63, 3.8) is 0 Å². The topological polar surface area (TPSA) is 262 Å². The van der Waals surface area contributed by atoms with Crippen molar-refractivity contribution in [3.05, 3.63) is 12.7 Å². The second-order valence-electron chi connectivity index (χ2n) is 6.09. The Morgan fingerprint density at radius 3 is 2.55 bits per heavy atom. The smallest absolute Gasteiger partial charge is 0.389 e. The zero-order chi connectivity index (χ0) is 23.2. The minimum absolute atomic E-state index is 0.115. The lowest BCUT2D eigenvalue weighted by atomic mass is 10.2. The lowest BCUT2D eigenvalue weighted by molar-refractivity contribution is -0.0419. The predicted molar refractivity (Wildman–Crippen MR) is 104 cm³/mol. The molecule has 174 valence electrons. The molecule has 0 spiro atoms. The van der Waals surface area contributed by atoms with Gasteiger partial charge in [-0.2, -0.15) is 4.31 Å². The number of nitrogens with one attached hydrogen (secondary N) is 1. The Labute approximate surface area is 181 Å². The van der Waals surface area contributed by atoms with Crippen molar-refractivity contribution < 1.29 is 51.9 Å². The summed E-state index contributed by atoms with van der Waals surface area (Å²) in [5.74, 6) is 0.115. The molecule has 0 saturated carbocycles. The van der Waals surface area contributed by atoms with Gasteiger partial charge in [0.25, 0.3) is 0 Å². The Morgan fingerprint density at radius 2 is 1.90 bits per heavy atom. The van der Waals surface area contributed by atoms with Crippen LogP contribution in [0.1, 0.15) is 6.23 Å². The van der Waals surface area contributed by atoms with Crippen LogP contribution in [0.15, 0.2) is 12.7 Å². The number of halogens is 1. The molecule has 8 N–H and O–H groups in total. The minimum Gasteiger partial charge on any atom is -0.389 e. The second-order valence-corrected chi connectivity index (χ2v) is 11.9. The van der Waals surface area contributed by atoms with Crippen LogP contribution in [0.25, 0.3) is 11.2 Å². The third-order valence-electron chi connectivity index (χ3n) is 3.83. The number of fused-ring (bicyclic) bond motifs is 1. The number of nitrogen functional groups attached to an aromatic ring is 1. The lowest BCUT2D eigenvalue weighted by Gasteiger charge is -2.20. The molecule has 1 aliphatic heterocycles. The number of alkyl halides is 1. The van der Waals surface area contributed by atoms with E-state index in [-0.39, 0.29) is 17.0 Å². The number of ether oxygens (including phenoxy) is 1. The summed E-state index contributed by atoms with van der Waals surface area (Å²) in [5.41, 5.74) is 6.29. The van der Waals surface area contributed by atoms with Crippen molar-refractivity contribution >= 4 is 56.2 Å². The maximum atomic E-state index is 11.9. The molecule has 0 aromatic carbocycles. The minimum atomic E-state index is -5.41. The van der Waals surface area contributed by atoms with Crippen molar-refractivity contribution in [1.29, 1.82) is 0 Å². The highest BCUT2D eigenvalue weighted by molar-refractivity contribution is 9.09. The quantitative estimate of drug-likeness (QED) is 0.154. The number of hydrogen-bond donors (Lipinski definition) is 7. The average molecular weight is 569 g/mol. The Morgan fingerprint density at radius 1 is 1.23 bits per heavy atom. The van der Waals surface area contributed by atoms with E-state index in [1.807, 2.05) is 0 Å². The predicted octanol–water partition coefficient (Wildman–Crippen LogP) is -0.653. The molecule has 0 aliphatic carbocycles. The molecule has 17 nitrogen and oxygen atoms in total. The maximum absolute atomic E-state index is 11.9. The van der Waals surface area contributed by atoms with Crippen LogP contribution in [-0.2, 0) is 27.3 Å². The first-order valence-corrected chi connectivity index (χ1v) is 13.6. The van der Waals surface area contributed by atoms with Crippen molar-refractivity contribution in [2.75, 3.05) is 12.3 Å². The van der Waals surface area contributed by atoms with Crippen LogP contribution >= 0.6 is 39.2 Å². The number of nitrogens with zero attached hydrogens (tertiary/aromatic N) is 4. The number of aromatic nitrogens is 4. The summed E-state index contributed by atoms with van der Waals surface area (Å²) in [7, 11) is -16.0. The lowest BCUT2D eigenvalue weighted by Crippen LogP contribution is -2.30. The third kappa shape index (κ3) is 5.94. The van der Waals surface area contributed by atoms with Crippen molar-refractivity contribution in [2.24, 2.45) is 0 Å². The number of nitrogens with two attached hydrogens (primary N) is 1. The van der Waals surface area contributed by atoms with Gasteiger partial charge in [0, 0.05) is 0 Å². The number of hydrogen-bond acceptors (Lipinski definition) is 11. The van der Waals surface area contributed by atoms with E-state index in [0.29, 0.717) is 0 Å². The highest BCUT2D eigenvalue weighted by Crippen LogP contribution is 2.61. The van der Waals surface area contributed by atoms with Gasteiger partial charge in [0.05, 0.1) is 23.9 Å². The number of phosphoric acid groups is 1. The molecule has 1 fully saturated rings. The summed E-state index contributed by atoms with van der Waals surface area (Å²) in [4.78, 5) is 48.1. The molecule has 2 aromatic rings. The van der Waals surface area contributed by atoms with Crippen LogP contribution in [0.2, 0.25) is 0 Å². The molecule has 21 heteroatoms. The molecule has 6 atom stereocenters. The summed E-state index contributed by atoms with van der Waals surface area (Å²) < 4.78 is 49.6. The Balaban J connectivity index is 1.69. The van der Waals surface area contributed by atoms with Crippen LogP contribution in [0.4, 0.5) is 5.82 Å². The van der Waals surface area contributed by atoms with Gasteiger partial charge >= 0.3 is 23.3 Å². The molecule has 0 radical (unpaired) electrons. The first-order chi connectivity index (χ1) is 14.2. The van der Waals surface area contributed by atoms with Crippen molar-refractivity contribution in [3.8, 4) is 0 Å². The van der Waals surface area contributed by atoms with Gasteiger partial charge in [0.15, 0.2) is 17.7 Å². The van der Waals surface area contributed by atoms with Gasteiger partial charge in [-0.3, -0.25) is 9.09 Å². The summed E-state index contributed by atoms with van der Waals surface area (Å²) in [5, 5.41) is 10.4. The molecule has 3 heterocycles. The number of phosphoric ester groups is 1. The molecule has 0 amide bonds. The summed E-state index contributed by atoms with van der Waals surface area (Å²) in [6.45, 7) is -0.798. The monoisotopic (exact) mass is 568 g/mol. The first-order valence-electron chi connectivity index (χ1n) is 7.96. The van der Waals surface area contributed by atoms with E-state index in [4.69, 9.17) is 20.3 Å². The molecule has 1 saturated heterocycles. The number of anilines is 1. The van der Waals surface area contributed by atoms with Crippen LogP contribution in [0.5, 0.6) is 0 Å². The highest BCUT2D eigenvalue weighted by Gasteiger charge is 2.46. The van der Waals surface area contributed by atoms with Crippen LogP contribution in [0, 0.1) is 0 Å². The number of aliphatic hydroxyl groups is 1. The normalized spacial score (nSPS) is 28.5. The molecule has 3 rings (SSSR count). The van der Waals surface area contributed by atoms with Gasteiger partial charge in [-0.15, -0.1) is 4.86 Å². The van der Waals surface area contributed by atoms with Crippen molar-refractivity contribution in [1.82, 2.24) is 24.4 Å². The van der Waals surface area contributed by atoms with Crippen LogP contribution in [0.3, 0.4) is 0 Å². The summed E-state index contributed by atoms with van der Waals surface area (Å²) >= 11 is 3.24. The van der Waals surface area contributed by atoms with E-state index in [0.717, 1.165) is 4.86 Å². The number of rotatable bonds is 8. The standard InChI is InChI=1S/C10H16BrN6O11P3/c11-5-7(18)4(1-26-31(24,25)28-30(22,23)16-29(19,20)21)27-10(5)17-3-15-6-8(12)13-2-14-9(6)17/h2-5,7,10,18H,1H2,(H,24,25)(H2,12,13,14)(H4,16,19,20,21,22,23)/t4-,5-,7-,10-/m1/s1. The largest absolute Gasteiger partial charge is 0.480 e. The number of imidazole rings is 1. The average Bonchev–Trinajstić information content (AvgIpc) is 3.13. The van der Waals surface area contributed by atoms with Gasteiger partial charge in [-0.25, -0.2) is 28.6 Å². The Bertz CT molecular complexity index is 1110. The molecule has 2 unspecified atom stereocenters. The molecule has 1 aliphatic rings. The fourth-order valence-electron chi connectivity index (χ4n) is 2.64. The highest BCUT2D eigenvalue weighted by atomic mass is 79.9. The molecule has 31 heavy (non-hydrogen) atoms. The van der Waals surface area contributed by atoms with Gasteiger partial charge in [0.1, 0.15) is 17.9 Å². The van der Waals surface area contributed by atoms with E-state index in [9.17, 15) is 28.6 Å². The molecule has 0 bridgehead atoms. The fourth-order valence-corrected chi connectivity index (χ4v) is 6.79. The first kappa shape index (κ1) is 24.8. The second kappa shape index (κ2) is 8.83. The molecular formula is C10H16BrN6O11P3. The maximum Gasteiger partial charge on any atom is 0.480 e. The summed E-state index contributed by atoms with van der Waals surface area (Å²) in [6, 6.07) is 0. The fraction of sp³-hybridized carbons (Fsp3) is 0.500. The van der Waals surface area contributed by atoms with Crippen molar-refractivity contribution in [2.45, 2.75) is 23.3 Å². The van der Waals surface area contributed by atoms with Crippen LogP contribution < -0.4 is 10.6 Å². The molecular weight excluding hydrogens is 553 g/mol. The van der Waals surface area contributed by atoms with Gasteiger partial charge < -0.3 is 35.2 Å². The van der Waals surface area contributed by atoms with E-state index in [2.05, 4.69) is 39.7 Å². The van der Waals surface area contributed by atoms with E-state index < -0.39 is 53.2 Å². The molecule has 2 aromatic heterocycles. The Hall–Kier alpha value is -0.840. The third-order valence-corrected chi connectivity index (χ3v) is 9.06. The van der Waals surface area contributed by atoms with Gasteiger partial charge in [-0.1, -0.05) is 15.9 Å². The Kier molecular flexibility index (Phi) is 7.07. The van der Waals surface area contributed by atoms with E-state index in [1.54, 1.807) is 0 Å². The zero-order valence-electron chi connectivity index (χ0n) is 14.9. The van der Waals surface area contributed by atoms with E-state index >= 15 is 0 Å². The van der Waals surface area contributed by atoms with Gasteiger partial charge in [0.2, 0.25) is 0 Å². The van der Waals surface area contributed by atoms with E-state index in [1.165, 1.54) is 17.2 Å². The number of aliphatic hydroxyl groups excluding tert-OH is 1. The van der Waals surface area contributed by atoms with Gasteiger partial charge in [-0.05, 0) is 0 Å². The SMILES string of the molecule is Nc1ncnc2c1ncn2[C@@H]1O[C@H](COP(=O)(O)OP(=O)(O)NP(=O)(O)O)[C@@H](O)[C@H]1Br. The zero-order valence-corrected chi connectivity index (χ0v) is 19.2.